The number of benzene rings is 2. The van der Waals surface area contributed by atoms with Gasteiger partial charge in [-0.3, -0.25) is 9.59 Å². The summed E-state index contributed by atoms with van der Waals surface area (Å²) in [6, 6.07) is 10.9. The fourth-order valence-electron chi connectivity index (χ4n) is 2.36. The number of nitrogens with zero attached hydrogens (tertiary/aromatic N) is 1. The van der Waals surface area contributed by atoms with Crippen LogP contribution in [0.4, 0.5) is 0 Å². The van der Waals surface area contributed by atoms with E-state index in [1.165, 1.54) is 13.3 Å². The van der Waals surface area contributed by atoms with Crippen LogP contribution in [-0.4, -0.2) is 44.9 Å². The summed E-state index contributed by atoms with van der Waals surface area (Å²) >= 11 is 0. The molecule has 0 saturated carbocycles. The Bertz CT molecular complexity index is 948. The first-order valence-corrected chi connectivity index (χ1v) is 9.00. The maximum atomic E-state index is 12.2. The van der Waals surface area contributed by atoms with Gasteiger partial charge in [-0.1, -0.05) is 5.92 Å². The molecule has 1 atom stereocenters. The topological polar surface area (TPSA) is 98.2 Å². The monoisotopic (exact) mass is 409 g/mol. The lowest BCUT2D eigenvalue weighted by Crippen LogP contribution is -2.43. The second kappa shape index (κ2) is 11.1. The van der Waals surface area contributed by atoms with Gasteiger partial charge >= 0.3 is 0 Å². The molecule has 0 bridgehead atoms. The fraction of sp³-hybridized carbons (Fsp3) is 0.227. The number of rotatable bonds is 9. The molecule has 0 aliphatic carbocycles. The second-order valence-electron chi connectivity index (χ2n) is 6.06. The molecule has 8 nitrogen and oxygen atoms in total. The smallest absolute Gasteiger partial charge is 0.262 e. The van der Waals surface area contributed by atoms with E-state index in [2.05, 4.69) is 21.8 Å². The van der Waals surface area contributed by atoms with Crippen LogP contribution < -0.4 is 25.0 Å². The molecule has 0 spiro atoms. The zero-order valence-corrected chi connectivity index (χ0v) is 17.0. The molecular formula is C22H23N3O5. The SMILES string of the molecule is C#CCOc1ccc(C=NNC(=O)C(C)NC(=O)c2ccc(OC)cc2)cc1OC. The lowest BCUT2D eigenvalue weighted by molar-refractivity contribution is -0.122. The van der Waals surface area contributed by atoms with E-state index in [1.54, 1.807) is 56.5 Å². The standard InChI is InChI=1S/C22H23N3O5/c1-5-12-30-19-11-6-16(13-20(19)29-4)14-23-25-21(26)15(2)24-22(27)17-7-9-18(28-3)10-8-17/h1,6-11,13-15H,12H2,2-4H3,(H,24,27)(H,25,26). The first-order valence-electron chi connectivity index (χ1n) is 9.00. The molecule has 0 aliphatic heterocycles. The van der Waals surface area contributed by atoms with Crippen LogP contribution in [0.2, 0.25) is 0 Å². The van der Waals surface area contributed by atoms with Gasteiger partial charge in [0.15, 0.2) is 11.5 Å². The van der Waals surface area contributed by atoms with Crippen molar-refractivity contribution < 1.29 is 23.8 Å². The molecule has 2 rings (SSSR count). The van der Waals surface area contributed by atoms with Crippen LogP contribution in [0.1, 0.15) is 22.8 Å². The van der Waals surface area contributed by atoms with E-state index in [-0.39, 0.29) is 12.5 Å². The Morgan fingerprint density at radius 1 is 1.13 bits per heavy atom. The van der Waals surface area contributed by atoms with Gasteiger partial charge in [0, 0.05) is 5.56 Å². The van der Waals surface area contributed by atoms with Gasteiger partial charge in [-0.15, -0.1) is 6.42 Å². The van der Waals surface area contributed by atoms with Crippen LogP contribution in [0.25, 0.3) is 0 Å². The van der Waals surface area contributed by atoms with Gasteiger partial charge in [-0.25, -0.2) is 5.43 Å². The summed E-state index contributed by atoms with van der Waals surface area (Å²) in [6.45, 7) is 1.69. The van der Waals surface area contributed by atoms with Crippen molar-refractivity contribution in [2.24, 2.45) is 5.10 Å². The summed E-state index contributed by atoms with van der Waals surface area (Å²) in [5.41, 5.74) is 3.48. The van der Waals surface area contributed by atoms with E-state index in [4.69, 9.17) is 20.6 Å². The molecule has 1 unspecified atom stereocenters. The van der Waals surface area contributed by atoms with Crippen molar-refractivity contribution in [3.05, 3.63) is 53.6 Å². The van der Waals surface area contributed by atoms with Crippen LogP contribution in [0.5, 0.6) is 17.2 Å². The molecule has 0 radical (unpaired) electrons. The highest BCUT2D eigenvalue weighted by atomic mass is 16.5. The van der Waals surface area contributed by atoms with Crippen LogP contribution in [0.15, 0.2) is 47.6 Å². The highest BCUT2D eigenvalue weighted by molar-refractivity contribution is 5.97. The van der Waals surface area contributed by atoms with E-state index in [9.17, 15) is 9.59 Å². The number of hydrogen-bond donors (Lipinski definition) is 2. The molecule has 2 aromatic rings. The third-order valence-corrected chi connectivity index (χ3v) is 3.98. The zero-order chi connectivity index (χ0) is 21.9. The Morgan fingerprint density at radius 3 is 2.50 bits per heavy atom. The van der Waals surface area contributed by atoms with Crippen molar-refractivity contribution in [2.45, 2.75) is 13.0 Å². The Hall–Kier alpha value is -3.99. The molecule has 2 amide bonds. The average Bonchev–Trinajstić information content (AvgIpc) is 2.77. The molecule has 0 fully saturated rings. The van der Waals surface area contributed by atoms with E-state index in [0.717, 1.165) is 0 Å². The average molecular weight is 409 g/mol. The van der Waals surface area contributed by atoms with Crippen molar-refractivity contribution in [1.82, 2.24) is 10.7 Å². The maximum Gasteiger partial charge on any atom is 0.262 e. The molecule has 0 heterocycles. The van der Waals surface area contributed by atoms with Crippen molar-refractivity contribution >= 4 is 18.0 Å². The van der Waals surface area contributed by atoms with Gasteiger partial charge in [0.2, 0.25) is 0 Å². The number of terminal acetylenes is 1. The molecule has 0 aliphatic rings. The first-order chi connectivity index (χ1) is 14.5. The molecule has 156 valence electrons. The predicted octanol–water partition coefficient (Wildman–Crippen LogP) is 1.98. The summed E-state index contributed by atoms with van der Waals surface area (Å²) < 4.78 is 15.7. The highest BCUT2D eigenvalue weighted by Gasteiger charge is 2.16. The Morgan fingerprint density at radius 2 is 1.87 bits per heavy atom. The Balaban J connectivity index is 1.91. The van der Waals surface area contributed by atoms with Gasteiger partial charge < -0.3 is 19.5 Å². The Kier molecular flexibility index (Phi) is 8.27. The largest absolute Gasteiger partial charge is 0.497 e. The number of ether oxygens (including phenoxy) is 3. The number of hydrazone groups is 1. The van der Waals surface area contributed by atoms with Crippen molar-refractivity contribution in [2.75, 3.05) is 20.8 Å². The minimum Gasteiger partial charge on any atom is -0.497 e. The van der Waals surface area contributed by atoms with E-state index < -0.39 is 11.9 Å². The molecule has 2 N–H and O–H groups in total. The third-order valence-electron chi connectivity index (χ3n) is 3.98. The van der Waals surface area contributed by atoms with Crippen molar-refractivity contribution in [1.29, 1.82) is 0 Å². The predicted molar refractivity (Wildman–Crippen MR) is 113 cm³/mol. The maximum absolute atomic E-state index is 12.2. The number of nitrogens with one attached hydrogen (secondary N) is 2. The molecule has 0 aromatic heterocycles. The van der Waals surface area contributed by atoms with Gasteiger partial charge in [0.25, 0.3) is 11.8 Å². The lowest BCUT2D eigenvalue weighted by atomic mass is 10.2. The molecular weight excluding hydrogens is 386 g/mol. The molecule has 8 heteroatoms. The van der Waals surface area contributed by atoms with Crippen molar-refractivity contribution in [3.63, 3.8) is 0 Å². The highest BCUT2D eigenvalue weighted by Crippen LogP contribution is 2.27. The van der Waals surface area contributed by atoms with Gasteiger partial charge in [-0.05, 0) is 55.0 Å². The van der Waals surface area contributed by atoms with E-state index in [0.29, 0.717) is 28.4 Å². The van der Waals surface area contributed by atoms with E-state index in [1.807, 2.05) is 0 Å². The number of methoxy groups -OCH3 is 2. The number of amides is 2. The van der Waals surface area contributed by atoms with Crippen molar-refractivity contribution in [3.8, 4) is 29.6 Å². The van der Waals surface area contributed by atoms with E-state index >= 15 is 0 Å². The Labute approximate surface area is 175 Å². The fourth-order valence-corrected chi connectivity index (χ4v) is 2.36. The normalized spacial score (nSPS) is 11.3. The summed E-state index contributed by atoms with van der Waals surface area (Å²) in [5.74, 6) is 3.17. The van der Waals surface area contributed by atoms with Crippen LogP contribution in [0.3, 0.4) is 0 Å². The number of carbonyl (C=O) groups excluding carboxylic acids is 2. The quantitative estimate of drug-likeness (QED) is 0.375. The summed E-state index contributed by atoms with van der Waals surface area (Å²) in [7, 11) is 3.05. The second-order valence-corrected chi connectivity index (χ2v) is 6.06. The molecule has 30 heavy (non-hydrogen) atoms. The summed E-state index contributed by atoms with van der Waals surface area (Å²) in [6.07, 6.45) is 6.63. The van der Waals surface area contributed by atoms with Crippen LogP contribution in [-0.2, 0) is 4.79 Å². The number of carbonyl (C=O) groups is 2. The zero-order valence-electron chi connectivity index (χ0n) is 17.0. The minimum atomic E-state index is -0.786. The first kappa shape index (κ1) is 22.3. The molecule has 2 aromatic carbocycles. The molecule has 0 saturated heterocycles. The third kappa shape index (κ3) is 6.27. The minimum absolute atomic E-state index is 0.125. The lowest BCUT2D eigenvalue weighted by Gasteiger charge is -2.12. The van der Waals surface area contributed by atoms with Gasteiger partial charge in [-0.2, -0.15) is 5.10 Å². The van der Waals surface area contributed by atoms with Crippen LogP contribution in [0, 0.1) is 12.3 Å². The van der Waals surface area contributed by atoms with Crippen LogP contribution >= 0.6 is 0 Å². The summed E-state index contributed by atoms with van der Waals surface area (Å²) in [5, 5.41) is 6.52. The summed E-state index contributed by atoms with van der Waals surface area (Å²) in [4.78, 5) is 24.4. The van der Waals surface area contributed by atoms with Gasteiger partial charge in [0.1, 0.15) is 18.4 Å². The number of hydrogen-bond acceptors (Lipinski definition) is 6. The van der Waals surface area contributed by atoms with Gasteiger partial charge in [0.05, 0.1) is 20.4 Å².